The van der Waals surface area contributed by atoms with Crippen molar-refractivity contribution in [3.05, 3.63) is 93.6 Å². The summed E-state index contributed by atoms with van der Waals surface area (Å²) in [6, 6.07) is 22.9. The van der Waals surface area contributed by atoms with Crippen LogP contribution < -0.4 is 14.3 Å². The molecule has 0 atom stereocenters. The fourth-order valence-electron chi connectivity index (χ4n) is 3.71. The van der Waals surface area contributed by atoms with Gasteiger partial charge in [-0.3, -0.25) is 0 Å². The van der Waals surface area contributed by atoms with Crippen molar-refractivity contribution in [1.82, 2.24) is 4.57 Å². The molecule has 3 aromatic carbocycles. The molecule has 4 rings (SSSR count). The lowest BCUT2D eigenvalue weighted by molar-refractivity contribution is 0.354. The van der Waals surface area contributed by atoms with Crippen molar-refractivity contribution < 1.29 is 9.47 Å². The number of aryl methyl sites for hydroxylation is 2. The van der Waals surface area contributed by atoms with Crippen molar-refractivity contribution >= 4 is 34.0 Å². The molecule has 0 aliphatic carbocycles. The average Bonchev–Trinajstić information content (AvgIpc) is 3.23. The van der Waals surface area contributed by atoms with E-state index in [-0.39, 0.29) is 17.0 Å². The Balaban J connectivity index is 0.00000306. The number of aromatic nitrogens is 1. The minimum absolute atomic E-state index is 0. The summed E-state index contributed by atoms with van der Waals surface area (Å²) in [5.41, 5.74) is 7.06. The molecule has 1 heterocycles. The monoisotopic (exact) mass is 524 g/mol. The molecule has 172 valence electrons. The van der Waals surface area contributed by atoms with Crippen molar-refractivity contribution in [3.8, 4) is 22.8 Å². The van der Waals surface area contributed by atoms with Gasteiger partial charge in [-0.2, -0.15) is 0 Å². The standard InChI is InChI=1S/C27H28N2O2S.BrH/c1-19-9-8-12-23(20(19)2)28-27-29(24(18-32-27)22-10-6-5-7-11-22)16-15-21-13-14-25(30-3)26(17-21)31-4;/h5-14,17-18H,15-16H2,1-4H3;1H. The van der Waals surface area contributed by atoms with Gasteiger partial charge in [0.05, 0.1) is 25.6 Å². The minimum atomic E-state index is 0. The predicted octanol–water partition coefficient (Wildman–Crippen LogP) is 6.90. The Morgan fingerprint density at radius 3 is 2.36 bits per heavy atom. The smallest absolute Gasteiger partial charge is 0.190 e. The zero-order valence-electron chi connectivity index (χ0n) is 19.4. The summed E-state index contributed by atoms with van der Waals surface area (Å²) in [5.74, 6) is 1.50. The van der Waals surface area contributed by atoms with Crippen molar-refractivity contribution in [2.75, 3.05) is 14.2 Å². The Morgan fingerprint density at radius 2 is 1.64 bits per heavy atom. The van der Waals surface area contributed by atoms with Crippen molar-refractivity contribution in [2.24, 2.45) is 4.99 Å². The Morgan fingerprint density at radius 1 is 0.879 bits per heavy atom. The van der Waals surface area contributed by atoms with E-state index in [9.17, 15) is 0 Å². The van der Waals surface area contributed by atoms with Crippen LogP contribution in [0.25, 0.3) is 11.3 Å². The van der Waals surface area contributed by atoms with Gasteiger partial charge in [0.15, 0.2) is 16.3 Å². The molecule has 0 unspecified atom stereocenters. The van der Waals surface area contributed by atoms with Gasteiger partial charge in [0.2, 0.25) is 0 Å². The number of thiazole rings is 1. The van der Waals surface area contributed by atoms with Gasteiger partial charge in [-0.1, -0.05) is 48.5 Å². The Hall–Kier alpha value is -2.83. The van der Waals surface area contributed by atoms with Crippen LogP contribution in [0.1, 0.15) is 16.7 Å². The van der Waals surface area contributed by atoms with Crippen molar-refractivity contribution in [2.45, 2.75) is 26.8 Å². The first-order valence-corrected chi connectivity index (χ1v) is 11.5. The third-order valence-corrected chi connectivity index (χ3v) is 6.59. The lowest BCUT2D eigenvalue weighted by atomic mass is 10.1. The maximum atomic E-state index is 5.49. The molecule has 0 fully saturated rings. The molecule has 1 aromatic heterocycles. The highest BCUT2D eigenvalue weighted by atomic mass is 79.9. The fourth-order valence-corrected chi connectivity index (χ4v) is 4.66. The Bertz CT molecular complexity index is 1280. The van der Waals surface area contributed by atoms with Gasteiger partial charge in [-0.05, 0) is 60.7 Å². The lowest BCUT2D eigenvalue weighted by Crippen LogP contribution is -2.17. The molecule has 6 heteroatoms. The second kappa shape index (κ2) is 11.3. The number of methoxy groups -OCH3 is 2. The van der Waals surface area contributed by atoms with Gasteiger partial charge in [-0.15, -0.1) is 28.3 Å². The summed E-state index contributed by atoms with van der Waals surface area (Å²) in [6.45, 7) is 5.07. The van der Waals surface area contributed by atoms with Gasteiger partial charge in [0.25, 0.3) is 0 Å². The molecule has 33 heavy (non-hydrogen) atoms. The second-order valence-electron chi connectivity index (χ2n) is 7.69. The van der Waals surface area contributed by atoms with E-state index in [1.165, 1.54) is 27.9 Å². The Labute approximate surface area is 209 Å². The maximum absolute atomic E-state index is 5.49. The molecule has 0 saturated heterocycles. The first-order valence-electron chi connectivity index (χ1n) is 10.7. The van der Waals surface area contributed by atoms with E-state index in [2.05, 4.69) is 78.4 Å². The first-order chi connectivity index (χ1) is 15.6. The summed E-state index contributed by atoms with van der Waals surface area (Å²) < 4.78 is 13.2. The Kier molecular flexibility index (Phi) is 8.53. The third-order valence-electron chi connectivity index (χ3n) is 5.73. The molecule has 0 N–H and O–H groups in total. The summed E-state index contributed by atoms with van der Waals surface area (Å²) in [7, 11) is 3.33. The highest BCUT2D eigenvalue weighted by molar-refractivity contribution is 8.93. The number of nitrogens with zero attached hydrogens (tertiary/aromatic N) is 2. The van der Waals surface area contributed by atoms with E-state index in [1.807, 2.05) is 12.1 Å². The number of hydrogen-bond acceptors (Lipinski definition) is 4. The molecular weight excluding hydrogens is 496 g/mol. The first kappa shape index (κ1) is 24.8. The van der Waals surface area contributed by atoms with Crippen LogP contribution in [-0.4, -0.2) is 18.8 Å². The minimum Gasteiger partial charge on any atom is -0.493 e. The van der Waals surface area contributed by atoms with E-state index >= 15 is 0 Å². The lowest BCUT2D eigenvalue weighted by Gasteiger charge is -2.12. The van der Waals surface area contributed by atoms with Crippen LogP contribution in [0, 0.1) is 13.8 Å². The van der Waals surface area contributed by atoms with Gasteiger partial charge in [0.1, 0.15) is 0 Å². The zero-order valence-corrected chi connectivity index (χ0v) is 21.9. The second-order valence-corrected chi connectivity index (χ2v) is 8.53. The quantitative estimate of drug-likeness (QED) is 0.263. The average molecular weight is 526 g/mol. The van der Waals surface area contributed by atoms with E-state index in [0.29, 0.717) is 0 Å². The summed E-state index contributed by atoms with van der Waals surface area (Å²) in [5, 5.41) is 2.20. The molecule has 4 nitrogen and oxygen atoms in total. The van der Waals surface area contributed by atoms with E-state index < -0.39 is 0 Å². The van der Waals surface area contributed by atoms with Crippen LogP contribution in [0.5, 0.6) is 11.5 Å². The summed E-state index contributed by atoms with van der Waals surface area (Å²) >= 11 is 1.68. The number of halogens is 1. The van der Waals surface area contributed by atoms with Gasteiger partial charge in [-0.25, -0.2) is 4.99 Å². The van der Waals surface area contributed by atoms with Crippen LogP contribution in [0.3, 0.4) is 0 Å². The molecule has 0 saturated carbocycles. The molecule has 4 aromatic rings. The molecule has 0 bridgehead atoms. The highest BCUT2D eigenvalue weighted by Gasteiger charge is 2.11. The van der Waals surface area contributed by atoms with Crippen LogP contribution >= 0.6 is 28.3 Å². The SMILES string of the molecule is Br.COc1ccc(CCn2c(-c3ccccc3)csc2=Nc2cccc(C)c2C)cc1OC. The largest absolute Gasteiger partial charge is 0.493 e. The highest BCUT2D eigenvalue weighted by Crippen LogP contribution is 2.28. The van der Waals surface area contributed by atoms with Crippen LogP contribution in [0.15, 0.2) is 77.1 Å². The van der Waals surface area contributed by atoms with E-state index in [4.69, 9.17) is 14.5 Å². The fraction of sp³-hybridized carbons (Fsp3) is 0.222. The molecule has 0 aliphatic rings. The van der Waals surface area contributed by atoms with Crippen LogP contribution in [0.2, 0.25) is 0 Å². The van der Waals surface area contributed by atoms with E-state index in [0.717, 1.165) is 35.0 Å². The van der Waals surface area contributed by atoms with E-state index in [1.54, 1.807) is 25.6 Å². The van der Waals surface area contributed by atoms with Crippen molar-refractivity contribution in [3.63, 3.8) is 0 Å². The summed E-state index contributed by atoms with van der Waals surface area (Å²) in [6.07, 6.45) is 0.858. The van der Waals surface area contributed by atoms with Gasteiger partial charge < -0.3 is 14.0 Å². The van der Waals surface area contributed by atoms with Gasteiger partial charge >= 0.3 is 0 Å². The zero-order chi connectivity index (χ0) is 22.5. The van der Waals surface area contributed by atoms with Crippen LogP contribution in [-0.2, 0) is 13.0 Å². The summed E-state index contributed by atoms with van der Waals surface area (Å²) in [4.78, 5) is 6.06. The van der Waals surface area contributed by atoms with Gasteiger partial charge in [0, 0.05) is 11.9 Å². The number of ether oxygens (including phenoxy) is 2. The molecule has 0 radical (unpaired) electrons. The number of benzene rings is 3. The van der Waals surface area contributed by atoms with Crippen molar-refractivity contribution in [1.29, 1.82) is 0 Å². The normalized spacial score (nSPS) is 11.2. The number of hydrogen-bond donors (Lipinski definition) is 0. The third kappa shape index (κ3) is 5.57. The molecule has 0 amide bonds. The predicted molar refractivity (Wildman–Crippen MR) is 142 cm³/mol. The topological polar surface area (TPSA) is 35.8 Å². The van der Waals surface area contributed by atoms with Crippen LogP contribution in [0.4, 0.5) is 5.69 Å². The molecule has 0 spiro atoms. The molecular formula is C27H29BrN2O2S. The number of rotatable bonds is 7. The maximum Gasteiger partial charge on any atom is 0.190 e. The molecule has 0 aliphatic heterocycles.